The second-order valence-electron chi connectivity index (χ2n) is 3.87. The molecule has 19 heavy (non-hydrogen) atoms. The van der Waals surface area contributed by atoms with Crippen LogP contribution < -0.4 is 5.32 Å². The van der Waals surface area contributed by atoms with Crippen molar-refractivity contribution < 1.29 is 4.79 Å². The second kappa shape index (κ2) is 8.19. The average Bonchev–Trinajstić information content (AvgIpc) is 3.09. The first-order chi connectivity index (χ1) is 9.34. The summed E-state index contributed by atoms with van der Waals surface area (Å²) in [5.41, 5.74) is 2.44. The number of amides is 1. The molecule has 0 aliphatic carbocycles. The number of carbonyl (C=O) groups is 1. The number of hydrogen-bond acceptors (Lipinski definition) is 4. The van der Waals surface area contributed by atoms with Gasteiger partial charge in [0.15, 0.2) is 0 Å². The van der Waals surface area contributed by atoms with Crippen LogP contribution in [0, 0.1) is 0 Å². The third-order valence-corrected chi connectivity index (χ3v) is 4.83. The van der Waals surface area contributed by atoms with Crippen LogP contribution in [-0.2, 0) is 10.5 Å². The smallest absolute Gasteiger partial charge is 0.244 e. The van der Waals surface area contributed by atoms with E-state index in [0.29, 0.717) is 6.54 Å². The van der Waals surface area contributed by atoms with Gasteiger partial charge in [0.05, 0.1) is 0 Å². The Labute approximate surface area is 125 Å². The highest BCUT2D eigenvalue weighted by atomic mass is 32.2. The second-order valence-corrected chi connectivity index (χ2v) is 6.53. The summed E-state index contributed by atoms with van der Waals surface area (Å²) < 4.78 is 0. The Morgan fingerprint density at radius 3 is 2.84 bits per heavy atom. The van der Waals surface area contributed by atoms with E-state index in [9.17, 15) is 4.79 Å². The lowest BCUT2D eigenvalue weighted by Gasteiger charge is -2.01. The minimum Gasteiger partial charge on any atom is -0.352 e. The zero-order valence-electron chi connectivity index (χ0n) is 10.4. The SMILES string of the molecule is O=C(/C=C/c1ccsc1)NCCSCc1ccsc1. The van der Waals surface area contributed by atoms with Gasteiger partial charge in [-0.25, -0.2) is 0 Å². The van der Waals surface area contributed by atoms with Crippen LogP contribution >= 0.6 is 34.4 Å². The maximum atomic E-state index is 11.5. The van der Waals surface area contributed by atoms with Crippen LogP contribution in [0.25, 0.3) is 6.08 Å². The molecule has 0 spiro atoms. The van der Waals surface area contributed by atoms with Crippen LogP contribution in [-0.4, -0.2) is 18.2 Å². The lowest BCUT2D eigenvalue weighted by molar-refractivity contribution is -0.116. The summed E-state index contributed by atoms with van der Waals surface area (Å²) in [6, 6.07) is 4.13. The Bertz CT molecular complexity index is 503. The highest BCUT2D eigenvalue weighted by Gasteiger charge is 1.96. The minimum absolute atomic E-state index is 0.0256. The molecule has 0 saturated carbocycles. The molecular formula is C14H15NOS3. The number of rotatable bonds is 7. The lowest BCUT2D eigenvalue weighted by Crippen LogP contribution is -2.23. The van der Waals surface area contributed by atoms with Crippen molar-refractivity contribution in [2.75, 3.05) is 12.3 Å². The van der Waals surface area contributed by atoms with Gasteiger partial charge in [0.2, 0.25) is 5.91 Å². The third kappa shape index (κ3) is 5.63. The summed E-state index contributed by atoms with van der Waals surface area (Å²) in [7, 11) is 0. The largest absolute Gasteiger partial charge is 0.352 e. The number of carbonyl (C=O) groups excluding carboxylic acids is 1. The summed E-state index contributed by atoms with van der Waals surface area (Å²) in [5.74, 6) is 1.93. The van der Waals surface area contributed by atoms with E-state index in [1.807, 2.05) is 34.7 Å². The molecule has 0 saturated heterocycles. The quantitative estimate of drug-likeness (QED) is 0.621. The molecule has 0 unspecified atom stereocenters. The van der Waals surface area contributed by atoms with Crippen molar-refractivity contribution in [3.8, 4) is 0 Å². The molecule has 0 aliphatic heterocycles. The number of hydrogen-bond donors (Lipinski definition) is 1. The van der Waals surface area contributed by atoms with Crippen molar-refractivity contribution in [1.29, 1.82) is 0 Å². The molecule has 5 heteroatoms. The van der Waals surface area contributed by atoms with Gasteiger partial charge >= 0.3 is 0 Å². The molecule has 2 aromatic rings. The van der Waals surface area contributed by atoms with E-state index >= 15 is 0 Å². The Morgan fingerprint density at radius 2 is 2.11 bits per heavy atom. The first-order valence-electron chi connectivity index (χ1n) is 5.91. The Morgan fingerprint density at radius 1 is 1.26 bits per heavy atom. The minimum atomic E-state index is -0.0256. The number of thiophene rings is 2. The van der Waals surface area contributed by atoms with Crippen LogP contribution in [0.1, 0.15) is 11.1 Å². The fourth-order valence-corrected chi connectivity index (χ4v) is 3.62. The highest BCUT2D eigenvalue weighted by molar-refractivity contribution is 7.98. The van der Waals surface area contributed by atoms with Crippen LogP contribution in [0.5, 0.6) is 0 Å². The Hall–Kier alpha value is -1.04. The van der Waals surface area contributed by atoms with Gasteiger partial charge in [-0.15, -0.1) is 0 Å². The molecule has 2 nitrogen and oxygen atoms in total. The van der Waals surface area contributed by atoms with Gasteiger partial charge in [-0.05, 0) is 50.9 Å². The zero-order valence-corrected chi connectivity index (χ0v) is 12.8. The molecule has 2 heterocycles. The van der Waals surface area contributed by atoms with Gasteiger partial charge in [0.25, 0.3) is 0 Å². The summed E-state index contributed by atoms with van der Waals surface area (Å²) in [5, 5.41) is 11.1. The van der Waals surface area contributed by atoms with Crippen molar-refractivity contribution in [1.82, 2.24) is 5.32 Å². The molecule has 0 atom stereocenters. The van der Waals surface area contributed by atoms with Crippen molar-refractivity contribution >= 4 is 46.4 Å². The average molecular weight is 309 g/mol. The normalized spacial score (nSPS) is 10.9. The molecular weight excluding hydrogens is 294 g/mol. The van der Waals surface area contributed by atoms with E-state index in [2.05, 4.69) is 22.1 Å². The predicted molar refractivity (Wildman–Crippen MR) is 86.8 cm³/mol. The molecule has 0 aliphatic rings. The van der Waals surface area contributed by atoms with Crippen LogP contribution in [0.2, 0.25) is 0 Å². The number of thioether (sulfide) groups is 1. The number of nitrogens with one attached hydrogen (secondary N) is 1. The molecule has 1 N–H and O–H groups in total. The van der Waals surface area contributed by atoms with Gasteiger partial charge in [-0.3, -0.25) is 4.79 Å². The summed E-state index contributed by atoms with van der Waals surface area (Å²) in [6.45, 7) is 0.710. The van der Waals surface area contributed by atoms with Crippen molar-refractivity contribution in [3.05, 3.63) is 50.9 Å². The van der Waals surface area contributed by atoms with Gasteiger partial charge < -0.3 is 5.32 Å². The third-order valence-electron chi connectivity index (χ3n) is 2.36. The van der Waals surface area contributed by atoms with E-state index in [-0.39, 0.29) is 5.91 Å². The van der Waals surface area contributed by atoms with Crippen molar-refractivity contribution in [3.63, 3.8) is 0 Å². The van der Waals surface area contributed by atoms with Crippen LogP contribution in [0.3, 0.4) is 0 Å². The topological polar surface area (TPSA) is 29.1 Å². The van der Waals surface area contributed by atoms with Crippen LogP contribution in [0.15, 0.2) is 39.7 Å². The predicted octanol–water partition coefficient (Wildman–Crippen LogP) is 3.87. The molecule has 1 amide bonds. The Kier molecular flexibility index (Phi) is 6.20. The molecule has 0 aromatic carbocycles. The maximum Gasteiger partial charge on any atom is 0.244 e. The van der Waals surface area contributed by atoms with Crippen molar-refractivity contribution in [2.24, 2.45) is 0 Å². The molecule has 0 bridgehead atoms. The molecule has 0 radical (unpaired) electrons. The van der Waals surface area contributed by atoms with Gasteiger partial charge in [0, 0.05) is 24.1 Å². The van der Waals surface area contributed by atoms with E-state index in [4.69, 9.17) is 0 Å². The molecule has 2 aromatic heterocycles. The monoisotopic (exact) mass is 309 g/mol. The van der Waals surface area contributed by atoms with E-state index in [1.54, 1.807) is 28.7 Å². The first kappa shape index (κ1) is 14.4. The van der Waals surface area contributed by atoms with Gasteiger partial charge in [0.1, 0.15) is 0 Å². The summed E-state index contributed by atoms with van der Waals surface area (Å²) in [4.78, 5) is 11.5. The fourth-order valence-electron chi connectivity index (χ4n) is 1.41. The standard InChI is InChI=1S/C14H15NOS3/c16-14(2-1-12-3-6-17-9-12)15-5-8-19-11-13-4-7-18-10-13/h1-4,6-7,9-10H,5,8,11H2,(H,15,16)/b2-1+. The van der Waals surface area contributed by atoms with E-state index in [0.717, 1.165) is 17.1 Å². The van der Waals surface area contributed by atoms with Gasteiger partial charge in [-0.2, -0.15) is 34.4 Å². The van der Waals surface area contributed by atoms with Crippen molar-refractivity contribution in [2.45, 2.75) is 5.75 Å². The first-order valence-corrected chi connectivity index (χ1v) is 8.95. The summed E-state index contributed by atoms with van der Waals surface area (Å²) >= 11 is 5.19. The van der Waals surface area contributed by atoms with Crippen LogP contribution in [0.4, 0.5) is 0 Å². The fraction of sp³-hybridized carbons (Fsp3) is 0.214. The lowest BCUT2D eigenvalue weighted by atomic mass is 10.3. The van der Waals surface area contributed by atoms with E-state index < -0.39 is 0 Å². The zero-order chi connectivity index (χ0) is 13.3. The molecule has 100 valence electrons. The molecule has 0 fully saturated rings. The summed E-state index contributed by atoms with van der Waals surface area (Å²) in [6.07, 6.45) is 3.43. The van der Waals surface area contributed by atoms with Gasteiger partial charge in [-0.1, -0.05) is 0 Å². The maximum absolute atomic E-state index is 11.5. The highest BCUT2D eigenvalue weighted by Crippen LogP contribution is 2.14. The molecule has 2 rings (SSSR count). The Balaban J connectivity index is 1.56. The van der Waals surface area contributed by atoms with E-state index in [1.165, 1.54) is 5.56 Å².